The smallest absolute Gasteiger partial charge is 0.262 e. The fourth-order valence-electron chi connectivity index (χ4n) is 2.61. The van der Waals surface area contributed by atoms with Crippen molar-refractivity contribution in [2.75, 3.05) is 7.11 Å². The molecule has 4 rings (SSSR count). The number of rotatable bonds is 4. The van der Waals surface area contributed by atoms with Gasteiger partial charge in [-0.2, -0.15) is 4.98 Å². The lowest BCUT2D eigenvalue weighted by Gasteiger charge is -2.04. The highest BCUT2D eigenvalue weighted by Gasteiger charge is 2.16. The molecular weight excluding hydrogens is 370 g/mol. The van der Waals surface area contributed by atoms with Gasteiger partial charge in [0.25, 0.3) is 5.89 Å². The Morgan fingerprint density at radius 3 is 2.69 bits per heavy atom. The lowest BCUT2D eigenvalue weighted by Crippen LogP contribution is -1.88. The Kier molecular flexibility index (Phi) is 4.44. The first-order valence-corrected chi connectivity index (χ1v) is 9.10. The van der Waals surface area contributed by atoms with E-state index in [1.807, 2.05) is 36.6 Å². The summed E-state index contributed by atoms with van der Waals surface area (Å²) in [6, 6.07) is 13.2. The normalized spacial score (nSPS) is 10.9. The molecule has 5 nitrogen and oxygen atoms in total. The predicted octanol–water partition coefficient (Wildman–Crippen LogP) is 5.50. The summed E-state index contributed by atoms with van der Waals surface area (Å²) in [6.07, 6.45) is 0. The van der Waals surface area contributed by atoms with E-state index in [2.05, 4.69) is 15.1 Å². The van der Waals surface area contributed by atoms with Crippen LogP contribution < -0.4 is 4.74 Å². The highest BCUT2D eigenvalue weighted by molar-refractivity contribution is 7.09. The number of nitrogens with zero attached hydrogens (tertiary/aromatic N) is 3. The minimum absolute atomic E-state index is 0.378. The van der Waals surface area contributed by atoms with Crippen molar-refractivity contribution < 1.29 is 9.26 Å². The van der Waals surface area contributed by atoms with E-state index in [1.54, 1.807) is 36.6 Å². The van der Waals surface area contributed by atoms with Crippen LogP contribution in [0, 0.1) is 6.92 Å². The van der Waals surface area contributed by atoms with Crippen LogP contribution in [0.1, 0.15) is 5.01 Å². The molecule has 26 heavy (non-hydrogen) atoms. The third-order valence-electron chi connectivity index (χ3n) is 3.86. The molecule has 2 aromatic heterocycles. The number of ether oxygens (including phenoxy) is 1. The summed E-state index contributed by atoms with van der Waals surface area (Å²) in [7, 11) is 1.58. The van der Waals surface area contributed by atoms with E-state index in [0.29, 0.717) is 28.1 Å². The molecular formula is C19H14ClN3O2S. The van der Waals surface area contributed by atoms with Crippen LogP contribution in [0.3, 0.4) is 0 Å². The first-order chi connectivity index (χ1) is 12.6. The molecule has 0 spiro atoms. The van der Waals surface area contributed by atoms with E-state index in [1.165, 1.54) is 0 Å². The van der Waals surface area contributed by atoms with Gasteiger partial charge in [-0.15, -0.1) is 11.3 Å². The van der Waals surface area contributed by atoms with Gasteiger partial charge in [-0.25, -0.2) is 4.98 Å². The molecule has 0 aliphatic heterocycles. The average Bonchev–Trinajstić information content (AvgIpc) is 3.31. The van der Waals surface area contributed by atoms with Gasteiger partial charge in [0.1, 0.15) is 5.75 Å². The topological polar surface area (TPSA) is 61.0 Å². The number of aromatic nitrogens is 3. The van der Waals surface area contributed by atoms with Gasteiger partial charge < -0.3 is 9.26 Å². The molecule has 130 valence electrons. The molecule has 2 heterocycles. The second-order valence-corrected chi connectivity index (χ2v) is 7.10. The lowest BCUT2D eigenvalue weighted by atomic mass is 10.1. The third kappa shape index (κ3) is 3.21. The van der Waals surface area contributed by atoms with E-state index in [0.717, 1.165) is 21.8 Å². The Hall–Kier alpha value is -2.70. The number of hydrogen-bond donors (Lipinski definition) is 0. The van der Waals surface area contributed by atoms with Gasteiger partial charge in [0.15, 0.2) is 0 Å². The first kappa shape index (κ1) is 16.8. The third-order valence-corrected chi connectivity index (χ3v) is 4.86. The van der Waals surface area contributed by atoms with Gasteiger partial charge in [0.05, 0.1) is 23.4 Å². The molecule has 0 bridgehead atoms. The molecule has 0 amide bonds. The van der Waals surface area contributed by atoms with Crippen LogP contribution in [-0.4, -0.2) is 22.2 Å². The molecule has 0 atom stereocenters. The highest BCUT2D eigenvalue weighted by Crippen LogP contribution is 2.33. The number of halogens is 1. The van der Waals surface area contributed by atoms with Gasteiger partial charge in [-0.3, -0.25) is 0 Å². The number of thiazole rings is 1. The van der Waals surface area contributed by atoms with Crippen molar-refractivity contribution in [2.45, 2.75) is 6.92 Å². The zero-order valence-corrected chi connectivity index (χ0v) is 15.6. The van der Waals surface area contributed by atoms with Gasteiger partial charge in [-0.05, 0) is 31.2 Å². The van der Waals surface area contributed by atoms with E-state index in [-0.39, 0.29) is 0 Å². The maximum Gasteiger partial charge on any atom is 0.262 e. The monoisotopic (exact) mass is 383 g/mol. The molecule has 4 aromatic rings. The maximum atomic E-state index is 6.01. The summed E-state index contributed by atoms with van der Waals surface area (Å²) in [5, 5.41) is 7.75. The van der Waals surface area contributed by atoms with Crippen LogP contribution in [0.2, 0.25) is 5.02 Å². The van der Waals surface area contributed by atoms with Crippen LogP contribution in [0.15, 0.2) is 52.4 Å². The fourth-order valence-corrected chi connectivity index (χ4v) is 3.39. The number of aryl methyl sites for hydroxylation is 1. The van der Waals surface area contributed by atoms with Crippen molar-refractivity contribution in [1.82, 2.24) is 15.1 Å². The Morgan fingerprint density at radius 2 is 1.92 bits per heavy atom. The minimum atomic E-state index is 0.378. The Balaban J connectivity index is 1.71. The van der Waals surface area contributed by atoms with Crippen molar-refractivity contribution in [1.29, 1.82) is 0 Å². The first-order valence-electron chi connectivity index (χ1n) is 7.84. The van der Waals surface area contributed by atoms with Crippen molar-refractivity contribution >= 4 is 22.9 Å². The Morgan fingerprint density at radius 1 is 1.08 bits per heavy atom. The molecule has 0 N–H and O–H groups in total. The summed E-state index contributed by atoms with van der Waals surface area (Å²) in [5.74, 6) is 1.47. The van der Waals surface area contributed by atoms with Crippen LogP contribution in [0.25, 0.3) is 34.1 Å². The van der Waals surface area contributed by atoms with Crippen LogP contribution >= 0.6 is 22.9 Å². The lowest BCUT2D eigenvalue weighted by molar-refractivity contribution is 0.405. The molecule has 0 aliphatic rings. The second-order valence-electron chi connectivity index (χ2n) is 5.60. The van der Waals surface area contributed by atoms with Gasteiger partial charge in [0, 0.05) is 21.5 Å². The van der Waals surface area contributed by atoms with Crippen LogP contribution in [-0.2, 0) is 0 Å². The zero-order chi connectivity index (χ0) is 18.1. The molecule has 0 radical (unpaired) electrons. The molecule has 0 unspecified atom stereocenters. The number of hydrogen-bond acceptors (Lipinski definition) is 6. The van der Waals surface area contributed by atoms with Crippen molar-refractivity contribution in [3.8, 4) is 39.8 Å². The molecule has 0 saturated carbocycles. The largest absolute Gasteiger partial charge is 0.496 e. The van der Waals surface area contributed by atoms with Gasteiger partial charge in [-0.1, -0.05) is 35.0 Å². The fraction of sp³-hybridized carbons (Fsp3) is 0.105. The van der Waals surface area contributed by atoms with E-state index < -0.39 is 0 Å². The second kappa shape index (κ2) is 6.90. The maximum absolute atomic E-state index is 6.01. The molecule has 0 fully saturated rings. The van der Waals surface area contributed by atoms with E-state index in [4.69, 9.17) is 20.9 Å². The minimum Gasteiger partial charge on any atom is -0.496 e. The SMILES string of the molecule is COc1cc(Cl)ccc1-c1nc(-c2cccc(-c3csc(C)n3)c2)no1. The molecule has 7 heteroatoms. The van der Waals surface area contributed by atoms with Crippen LogP contribution in [0.4, 0.5) is 0 Å². The van der Waals surface area contributed by atoms with E-state index in [9.17, 15) is 0 Å². The summed E-state index contributed by atoms with van der Waals surface area (Å²) >= 11 is 7.63. The van der Waals surface area contributed by atoms with Gasteiger partial charge in [0.2, 0.25) is 5.82 Å². The number of benzene rings is 2. The summed E-state index contributed by atoms with van der Waals surface area (Å²) < 4.78 is 10.8. The Labute approximate surface area is 159 Å². The zero-order valence-electron chi connectivity index (χ0n) is 14.1. The van der Waals surface area contributed by atoms with Gasteiger partial charge >= 0.3 is 0 Å². The van der Waals surface area contributed by atoms with Crippen LogP contribution in [0.5, 0.6) is 5.75 Å². The number of methoxy groups -OCH3 is 1. The summed E-state index contributed by atoms with van der Waals surface area (Å²) in [4.78, 5) is 9.03. The molecule has 2 aromatic carbocycles. The molecule has 0 aliphatic carbocycles. The van der Waals surface area contributed by atoms with Crippen molar-refractivity contribution in [2.24, 2.45) is 0 Å². The summed E-state index contributed by atoms with van der Waals surface area (Å²) in [5.41, 5.74) is 3.51. The molecule has 0 saturated heterocycles. The van der Waals surface area contributed by atoms with Crippen molar-refractivity contribution in [3.63, 3.8) is 0 Å². The Bertz CT molecular complexity index is 1070. The average molecular weight is 384 g/mol. The quantitative estimate of drug-likeness (QED) is 0.465. The highest BCUT2D eigenvalue weighted by atomic mass is 35.5. The summed E-state index contributed by atoms with van der Waals surface area (Å²) in [6.45, 7) is 1.99. The predicted molar refractivity (Wildman–Crippen MR) is 103 cm³/mol. The standard InChI is InChI=1S/C19H14ClN3O2S/c1-11-21-16(10-26-11)12-4-3-5-13(8-12)18-22-19(25-23-18)15-7-6-14(20)9-17(15)24-2/h3-10H,1-2H3. The van der Waals surface area contributed by atoms with E-state index >= 15 is 0 Å². The van der Waals surface area contributed by atoms with Crippen molar-refractivity contribution in [3.05, 3.63) is 57.9 Å².